The van der Waals surface area contributed by atoms with E-state index in [9.17, 15) is 5.11 Å². The van der Waals surface area contributed by atoms with Crippen LogP contribution in [0.4, 0.5) is 0 Å². The molecule has 0 aromatic heterocycles. The maximum Gasteiger partial charge on any atom is 0.115 e. The van der Waals surface area contributed by atoms with Crippen LogP contribution in [-0.2, 0) is 6.42 Å². The number of fused-ring (bicyclic) bond motifs is 1. The molecule has 3 rings (SSSR count). The van der Waals surface area contributed by atoms with Gasteiger partial charge in [0, 0.05) is 19.2 Å². The molecule has 1 atom stereocenters. The van der Waals surface area contributed by atoms with Crippen LogP contribution in [0.2, 0.25) is 0 Å². The summed E-state index contributed by atoms with van der Waals surface area (Å²) in [5.74, 6) is 0.369. The summed E-state index contributed by atoms with van der Waals surface area (Å²) in [6.45, 7) is 1.31. The molecule has 1 saturated carbocycles. The quantitative estimate of drug-likeness (QED) is 0.747. The molecule has 3 nitrogen and oxygen atoms in total. The van der Waals surface area contributed by atoms with E-state index in [1.165, 1.54) is 24.0 Å². The standard InChI is InChI=1S/C15H21NO2/c17-8-7-15(5-6-15)10-16-14-4-1-11-9-12(18)2-3-13(11)14/h2-3,9,14,16-18H,1,4-8,10H2. The molecule has 0 bridgehead atoms. The number of aromatic hydroxyl groups is 1. The summed E-state index contributed by atoms with van der Waals surface area (Å²) in [7, 11) is 0. The van der Waals surface area contributed by atoms with Crippen molar-refractivity contribution in [3.63, 3.8) is 0 Å². The maximum absolute atomic E-state index is 9.47. The molecule has 0 radical (unpaired) electrons. The molecular weight excluding hydrogens is 226 g/mol. The zero-order valence-electron chi connectivity index (χ0n) is 10.7. The molecule has 1 unspecified atom stereocenters. The Kier molecular flexibility index (Phi) is 3.04. The Balaban J connectivity index is 1.63. The number of hydrogen-bond acceptors (Lipinski definition) is 3. The van der Waals surface area contributed by atoms with E-state index < -0.39 is 0 Å². The maximum atomic E-state index is 9.47. The third-order valence-corrected chi connectivity index (χ3v) is 4.53. The lowest BCUT2D eigenvalue weighted by Crippen LogP contribution is -2.27. The molecule has 0 heterocycles. The van der Waals surface area contributed by atoms with E-state index in [0.717, 1.165) is 25.8 Å². The summed E-state index contributed by atoms with van der Waals surface area (Å²) in [6.07, 6.45) is 5.59. The number of rotatable bonds is 5. The van der Waals surface area contributed by atoms with Crippen molar-refractivity contribution in [2.45, 2.75) is 38.1 Å². The van der Waals surface area contributed by atoms with E-state index in [1.54, 1.807) is 6.07 Å². The van der Waals surface area contributed by atoms with Crippen molar-refractivity contribution in [2.75, 3.05) is 13.2 Å². The van der Waals surface area contributed by atoms with Crippen LogP contribution in [0, 0.1) is 5.41 Å². The van der Waals surface area contributed by atoms with Crippen LogP contribution in [0.3, 0.4) is 0 Å². The van der Waals surface area contributed by atoms with E-state index >= 15 is 0 Å². The average Bonchev–Trinajstić information content (AvgIpc) is 3.00. The second-order valence-electron chi connectivity index (χ2n) is 5.83. The molecule has 1 aromatic carbocycles. The Morgan fingerprint density at radius 2 is 2.17 bits per heavy atom. The molecule has 2 aliphatic carbocycles. The smallest absolute Gasteiger partial charge is 0.115 e. The van der Waals surface area contributed by atoms with Crippen molar-refractivity contribution in [3.05, 3.63) is 29.3 Å². The molecular formula is C15H21NO2. The minimum Gasteiger partial charge on any atom is -0.508 e. The van der Waals surface area contributed by atoms with Crippen molar-refractivity contribution in [2.24, 2.45) is 5.41 Å². The Hall–Kier alpha value is -1.06. The molecule has 1 aromatic rings. The zero-order chi connectivity index (χ0) is 12.6. The van der Waals surface area contributed by atoms with Crippen LogP contribution in [0.1, 0.15) is 42.9 Å². The number of hydrogen-bond donors (Lipinski definition) is 3. The molecule has 3 heteroatoms. The molecule has 0 spiro atoms. The van der Waals surface area contributed by atoms with Gasteiger partial charge in [-0.05, 0) is 60.8 Å². The van der Waals surface area contributed by atoms with Gasteiger partial charge >= 0.3 is 0 Å². The second kappa shape index (κ2) is 4.56. The Morgan fingerprint density at radius 3 is 2.89 bits per heavy atom. The Morgan fingerprint density at radius 1 is 1.33 bits per heavy atom. The average molecular weight is 247 g/mol. The SMILES string of the molecule is OCCC1(CNC2CCc3cc(O)ccc32)CC1. The number of aryl methyl sites for hydroxylation is 1. The first-order chi connectivity index (χ1) is 8.72. The minimum atomic E-state index is 0.302. The summed E-state index contributed by atoms with van der Waals surface area (Å²) in [5, 5.41) is 22.2. The molecule has 1 fully saturated rings. The van der Waals surface area contributed by atoms with Crippen LogP contribution in [-0.4, -0.2) is 23.4 Å². The largest absolute Gasteiger partial charge is 0.508 e. The van der Waals surface area contributed by atoms with Crippen LogP contribution in [0.15, 0.2) is 18.2 Å². The highest BCUT2D eigenvalue weighted by Crippen LogP contribution is 2.48. The number of phenolic OH excluding ortho intramolecular Hbond substituents is 1. The number of nitrogens with one attached hydrogen (secondary N) is 1. The fourth-order valence-corrected chi connectivity index (χ4v) is 3.08. The lowest BCUT2D eigenvalue weighted by atomic mass is 10.0. The summed E-state index contributed by atoms with van der Waals surface area (Å²) >= 11 is 0. The zero-order valence-corrected chi connectivity index (χ0v) is 10.7. The first kappa shape index (κ1) is 12.0. The topological polar surface area (TPSA) is 52.5 Å². The summed E-state index contributed by atoms with van der Waals surface area (Å²) in [6, 6.07) is 6.13. The Bertz CT molecular complexity index is 440. The first-order valence-electron chi connectivity index (χ1n) is 6.88. The van der Waals surface area contributed by atoms with Gasteiger partial charge in [-0.2, -0.15) is 0 Å². The summed E-state index contributed by atoms with van der Waals surface area (Å²) < 4.78 is 0. The highest BCUT2D eigenvalue weighted by Gasteiger charge is 2.42. The molecule has 0 aliphatic heterocycles. The summed E-state index contributed by atoms with van der Waals surface area (Å²) in [4.78, 5) is 0. The number of aliphatic hydroxyl groups is 1. The molecule has 2 aliphatic rings. The van der Waals surface area contributed by atoms with Gasteiger partial charge in [-0.3, -0.25) is 0 Å². The van der Waals surface area contributed by atoms with Crippen LogP contribution in [0.5, 0.6) is 5.75 Å². The van der Waals surface area contributed by atoms with Gasteiger partial charge in [0.2, 0.25) is 0 Å². The van der Waals surface area contributed by atoms with E-state index in [0.29, 0.717) is 23.8 Å². The normalized spacial score (nSPS) is 23.9. The molecule has 0 saturated heterocycles. The van der Waals surface area contributed by atoms with Crippen molar-refractivity contribution < 1.29 is 10.2 Å². The molecule has 98 valence electrons. The van der Waals surface area contributed by atoms with Gasteiger partial charge < -0.3 is 15.5 Å². The van der Waals surface area contributed by atoms with E-state index in [2.05, 4.69) is 5.32 Å². The number of phenols is 1. The first-order valence-corrected chi connectivity index (χ1v) is 6.88. The van der Waals surface area contributed by atoms with Crippen molar-refractivity contribution in [3.8, 4) is 5.75 Å². The predicted octanol–water partition coefficient (Wildman–Crippen LogP) is 2.13. The Labute approximate surface area is 108 Å². The predicted molar refractivity (Wildman–Crippen MR) is 70.5 cm³/mol. The third-order valence-electron chi connectivity index (χ3n) is 4.53. The van der Waals surface area contributed by atoms with Crippen LogP contribution >= 0.6 is 0 Å². The van der Waals surface area contributed by atoms with Crippen molar-refractivity contribution in [1.29, 1.82) is 0 Å². The van der Waals surface area contributed by atoms with Crippen LogP contribution < -0.4 is 5.32 Å². The van der Waals surface area contributed by atoms with Crippen LogP contribution in [0.25, 0.3) is 0 Å². The fraction of sp³-hybridized carbons (Fsp3) is 0.600. The van der Waals surface area contributed by atoms with Gasteiger partial charge in [-0.15, -0.1) is 0 Å². The molecule has 3 N–H and O–H groups in total. The lowest BCUT2D eigenvalue weighted by Gasteiger charge is -2.19. The van der Waals surface area contributed by atoms with Gasteiger partial charge in [-0.1, -0.05) is 6.07 Å². The van der Waals surface area contributed by atoms with Gasteiger partial charge in [0.05, 0.1) is 0 Å². The summed E-state index contributed by atoms with van der Waals surface area (Å²) in [5.41, 5.74) is 2.99. The highest BCUT2D eigenvalue weighted by atomic mass is 16.3. The number of aliphatic hydroxyl groups excluding tert-OH is 1. The van der Waals surface area contributed by atoms with Crippen molar-refractivity contribution in [1.82, 2.24) is 5.32 Å². The van der Waals surface area contributed by atoms with Gasteiger partial charge in [0.25, 0.3) is 0 Å². The van der Waals surface area contributed by atoms with E-state index in [4.69, 9.17) is 5.11 Å². The molecule has 0 amide bonds. The highest BCUT2D eigenvalue weighted by molar-refractivity contribution is 5.40. The second-order valence-corrected chi connectivity index (χ2v) is 5.83. The van der Waals surface area contributed by atoms with Gasteiger partial charge in [0.1, 0.15) is 5.75 Å². The third kappa shape index (κ3) is 2.25. The monoisotopic (exact) mass is 247 g/mol. The lowest BCUT2D eigenvalue weighted by molar-refractivity contribution is 0.242. The van der Waals surface area contributed by atoms with Crippen molar-refractivity contribution >= 4 is 0 Å². The van der Waals surface area contributed by atoms with Gasteiger partial charge in [-0.25, -0.2) is 0 Å². The fourth-order valence-electron chi connectivity index (χ4n) is 3.08. The van der Waals surface area contributed by atoms with Gasteiger partial charge in [0.15, 0.2) is 0 Å². The molecule has 18 heavy (non-hydrogen) atoms. The van der Waals surface area contributed by atoms with E-state index in [-0.39, 0.29) is 0 Å². The number of benzene rings is 1. The van der Waals surface area contributed by atoms with E-state index in [1.807, 2.05) is 12.1 Å². The minimum absolute atomic E-state index is 0.302.